The van der Waals surface area contributed by atoms with Crippen molar-refractivity contribution >= 4 is 33.0 Å². The molecule has 0 atom stereocenters. The lowest BCUT2D eigenvalue weighted by molar-refractivity contribution is 0.255. The Balaban J connectivity index is 1.47. The van der Waals surface area contributed by atoms with Crippen LogP contribution in [0.15, 0.2) is 66.9 Å². The van der Waals surface area contributed by atoms with E-state index in [4.69, 9.17) is 4.98 Å². The van der Waals surface area contributed by atoms with Crippen LogP contribution in [-0.2, 0) is 10.0 Å². The van der Waals surface area contributed by atoms with Crippen LogP contribution >= 0.6 is 0 Å². The standard InChI is InChI=1S/C26H30N6O2S/c1-30-16-13-19(14-17-30)20-8-6-9-21(18-20)27-26-28-25-23(11-7-15-32(25)29-26)22-10-4-5-12-24(22)31(2)35(3,33)34/h4-12,15,18-19H,13-14,16-17H2,1-3H3,(H,27,29). The third-order valence-corrected chi connectivity index (χ3v) is 7.92. The van der Waals surface area contributed by atoms with Gasteiger partial charge in [-0.3, -0.25) is 4.31 Å². The summed E-state index contributed by atoms with van der Waals surface area (Å²) in [4.78, 5) is 7.14. The molecule has 0 aliphatic carbocycles. The van der Waals surface area contributed by atoms with E-state index < -0.39 is 10.0 Å². The van der Waals surface area contributed by atoms with Crippen molar-refractivity contribution in [3.63, 3.8) is 0 Å². The van der Waals surface area contributed by atoms with Gasteiger partial charge < -0.3 is 10.2 Å². The molecule has 0 bridgehead atoms. The first kappa shape index (κ1) is 23.3. The van der Waals surface area contributed by atoms with Crippen molar-refractivity contribution in [1.82, 2.24) is 19.5 Å². The number of pyridine rings is 1. The van der Waals surface area contributed by atoms with Gasteiger partial charge >= 0.3 is 0 Å². The molecule has 35 heavy (non-hydrogen) atoms. The monoisotopic (exact) mass is 490 g/mol. The highest BCUT2D eigenvalue weighted by atomic mass is 32.2. The van der Waals surface area contributed by atoms with Crippen LogP contribution < -0.4 is 9.62 Å². The summed E-state index contributed by atoms with van der Waals surface area (Å²) in [6.07, 6.45) is 5.37. The Labute approximate surface area is 206 Å². The Morgan fingerprint density at radius 2 is 1.74 bits per heavy atom. The van der Waals surface area contributed by atoms with E-state index in [1.54, 1.807) is 17.6 Å². The molecule has 5 rings (SSSR count). The topological polar surface area (TPSA) is 82.8 Å². The fourth-order valence-corrected chi connectivity index (χ4v) is 5.18. The van der Waals surface area contributed by atoms with Gasteiger partial charge in [0.05, 0.1) is 11.9 Å². The molecule has 1 aliphatic rings. The number of hydrogen-bond donors (Lipinski definition) is 1. The third kappa shape index (κ3) is 4.87. The van der Waals surface area contributed by atoms with Gasteiger partial charge in [0.15, 0.2) is 5.65 Å². The second kappa shape index (κ2) is 9.31. The molecular formula is C26H30N6O2S. The molecule has 0 radical (unpaired) electrons. The highest BCUT2D eigenvalue weighted by Gasteiger charge is 2.20. The van der Waals surface area contributed by atoms with Crippen LogP contribution in [0.25, 0.3) is 16.8 Å². The Bertz CT molecular complexity index is 1460. The Morgan fingerprint density at radius 1 is 1.00 bits per heavy atom. The lowest BCUT2D eigenvalue weighted by atomic mass is 9.89. The number of piperidine rings is 1. The van der Waals surface area contributed by atoms with Gasteiger partial charge in [-0.15, -0.1) is 5.10 Å². The van der Waals surface area contributed by atoms with Gasteiger partial charge in [0.25, 0.3) is 0 Å². The van der Waals surface area contributed by atoms with Gasteiger partial charge in [-0.2, -0.15) is 4.98 Å². The summed E-state index contributed by atoms with van der Waals surface area (Å²) in [5.41, 5.74) is 5.11. The minimum absolute atomic E-state index is 0.493. The van der Waals surface area contributed by atoms with Crippen LogP contribution in [0.4, 0.5) is 17.3 Å². The van der Waals surface area contributed by atoms with E-state index in [2.05, 4.69) is 40.6 Å². The van der Waals surface area contributed by atoms with E-state index in [1.165, 1.54) is 16.1 Å². The number of nitrogens with zero attached hydrogens (tertiary/aromatic N) is 5. The molecule has 2 aromatic heterocycles. The summed E-state index contributed by atoms with van der Waals surface area (Å²) < 4.78 is 27.5. The van der Waals surface area contributed by atoms with E-state index in [0.717, 1.165) is 42.7 Å². The number of benzene rings is 2. The third-order valence-electron chi connectivity index (χ3n) is 6.73. The number of para-hydroxylation sites is 1. The molecule has 182 valence electrons. The summed E-state index contributed by atoms with van der Waals surface area (Å²) in [6.45, 7) is 2.24. The number of aromatic nitrogens is 3. The largest absolute Gasteiger partial charge is 0.323 e. The zero-order valence-electron chi connectivity index (χ0n) is 20.2. The van der Waals surface area contributed by atoms with Crippen molar-refractivity contribution in [2.24, 2.45) is 0 Å². The Hall–Kier alpha value is -3.43. The second-order valence-electron chi connectivity index (χ2n) is 9.20. The first-order valence-corrected chi connectivity index (χ1v) is 13.6. The Morgan fingerprint density at radius 3 is 2.51 bits per heavy atom. The summed E-state index contributed by atoms with van der Waals surface area (Å²) in [5.74, 6) is 1.06. The fourth-order valence-electron chi connectivity index (χ4n) is 4.67. The molecule has 4 aromatic rings. The number of hydrogen-bond acceptors (Lipinski definition) is 6. The van der Waals surface area contributed by atoms with Crippen LogP contribution in [0.1, 0.15) is 24.3 Å². The van der Waals surface area contributed by atoms with E-state index >= 15 is 0 Å². The van der Waals surface area contributed by atoms with E-state index in [1.807, 2.05) is 42.6 Å². The molecule has 0 unspecified atom stereocenters. The minimum Gasteiger partial charge on any atom is -0.323 e. The quantitative estimate of drug-likeness (QED) is 0.433. The van der Waals surface area contributed by atoms with Gasteiger partial charge in [-0.25, -0.2) is 12.9 Å². The second-order valence-corrected chi connectivity index (χ2v) is 11.2. The average Bonchev–Trinajstić information content (AvgIpc) is 3.26. The number of sulfonamides is 1. The van der Waals surface area contributed by atoms with Crippen molar-refractivity contribution < 1.29 is 8.42 Å². The smallest absolute Gasteiger partial charge is 0.247 e. The number of nitrogens with one attached hydrogen (secondary N) is 1. The predicted octanol–water partition coefficient (Wildman–Crippen LogP) is 4.34. The minimum atomic E-state index is -3.42. The average molecular weight is 491 g/mol. The molecule has 0 amide bonds. The van der Waals surface area contributed by atoms with Crippen LogP contribution in [0.5, 0.6) is 0 Å². The molecule has 9 heteroatoms. The first-order valence-electron chi connectivity index (χ1n) is 11.7. The summed E-state index contributed by atoms with van der Waals surface area (Å²) in [5, 5.41) is 7.99. The molecule has 0 saturated carbocycles. The van der Waals surface area contributed by atoms with Crippen molar-refractivity contribution in [2.75, 3.05) is 43.1 Å². The van der Waals surface area contributed by atoms with Crippen LogP contribution in [-0.4, -0.2) is 61.4 Å². The van der Waals surface area contributed by atoms with Gasteiger partial charge in [-0.05, 0) is 74.8 Å². The van der Waals surface area contributed by atoms with Gasteiger partial charge in [0.2, 0.25) is 16.0 Å². The maximum atomic E-state index is 12.2. The van der Waals surface area contributed by atoms with Crippen LogP contribution in [0.3, 0.4) is 0 Å². The molecule has 0 spiro atoms. The van der Waals surface area contributed by atoms with Gasteiger partial charge in [0.1, 0.15) is 0 Å². The zero-order valence-corrected chi connectivity index (χ0v) is 21.0. The number of likely N-dealkylation sites (tertiary alicyclic amines) is 1. The summed E-state index contributed by atoms with van der Waals surface area (Å²) in [7, 11) is 0.317. The van der Waals surface area contributed by atoms with E-state index in [0.29, 0.717) is 23.2 Å². The summed E-state index contributed by atoms with van der Waals surface area (Å²) >= 11 is 0. The van der Waals surface area contributed by atoms with Gasteiger partial charge in [0, 0.05) is 30.1 Å². The van der Waals surface area contributed by atoms with Crippen LogP contribution in [0, 0.1) is 0 Å². The highest BCUT2D eigenvalue weighted by molar-refractivity contribution is 7.92. The van der Waals surface area contributed by atoms with Crippen LogP contribution in [0.2, 0.25) is 0 Å². The van der Waals surface area contributed by atoms with Gasteiger partial charge in [-0.1, -0.05) is 30.3 Å². The number of anilines is 3. The zero-order chi connectivity index (χ0) is 24.6. The van der Waals surface area contributed by atoms with Crippen molar-refractivity contribution in [3.05, 3.63) is 72.4 Å². The lowest BCUT2D eigenvalue weighted by Gasteiger charge is -2.29. The number of rotatable bonds is 6. The van der Waals surface area contributed by atoms with Crippen molar-refractivity contribution in [1.29, 1.82) is 0 Å². The van der Waals surface area contributed by atoms with Crippen molar-refractivity contribution in [2.45, 2.75) is 18.8 Å². The molecule has 2 aromatic carbocycles. The number of fused-ring (bicyclic) bond motifs is 1. The molecule has 8 nitrogen and oxygen atoms in total. The van der Waals surface area contributed by atoms with E-state index in [-0.39, 0.29) is 0 Å². The maximum Gasteiger partial charge on any atom is 0.247 e. The molecule has 3 heterocycles. The summed E-state index contributed by atoms with van der Waals surface area (Å²) in [6, 6.07) is 19.7. The van der Waals surface area contributed by atoms with E-state index in [9.17, 15) is 8.42 Å². The molecule has 1 N–H and O–H groups in total. The predicted molar refractivity (Wildman–Crippen MR) is 141 cm³/mol. The fraction of sp³-hybridized carbons (Fsp3) is 0.308. The highest BCUT2D eigenvalue weighted by Crippen LogP contribution is 2.34. The normalized spacial score (nSPS) is 15.4. The lowest BCUT2D eigenvalue weighted by Crippen LogP contribution is -2.29. The molecule has 1 saturated heterocycles. The molecule has 1 fully saturated rings. The first-order chi connectivity index (χ1) is 16.8. The molecular weight excluding hydrogens is 460 g/mol. The maximum absolute atomic E-state index is 12.2. The SMILES string of the molecule is CN1CCC(c2cccc(Nc3nc4c(-c5ccccc5N(C)S(C)(=O)=O)cccn4n3)c2)CC1. The molecule has 1 aliphatic heterocycles. The van der Waals surface area contributed by atoms with Crippen molar-refractivity contribution in [3.8, 4) is 11.1 Å². The Kier molecular flexibility index (Phi) is 6.21.